The maximum absolute atomic E-state index is 5.98. The molecule has 0 radical (unpaired) electrons. The van der Waals surface area contributed by atoms with Crippen LogP contribution in [0.3, 0.4) is 0 Å². The number of hydrogen-bond acceptors (Lipinski definition) is 6. The van der Waals surface area contributed by atoms with Crippen molar-refractivity contribution in [3.8, 4) is 0 Å². The van der Waals surface area contributed by atoms with Crippen LogP contribution in [-0.4, -0.2) is 41.5 Å². The van der Waals surface area contributed by atoms with Crippen molar-refractivity contribution in [3.63, 3.8) is 0 Å². The van der Waals surface area contributed by atoms with Crippen LogP contribution in [0.4, 0.5) is 0 Å². The molecule has 0 fully saturated rings. The second-order valence-electron chi connectivity index (χ2n) is 5.36. The van der Waals surface area contributed by atoms with Gasteiger partial charge in [0.25, 0.3) is 0 Å². The first-order chi connectivity index (χ1) is 11.6. The van der Waals surface area contributed by atoms with Crippen LogP contribution in [0.25, 0.3) is 11.7 Å². The van der Waals surface area contributed by atoms with Crippen LogP contribution in [0.2, 0.25) is 0 Å². The van der Waals surface area contributed by atoms with E-state index in [4.69, 9.17) is 11.6 Å². The molecule has 0 unspecified atom stereocenters. The predicted molar refractivity (Wildman–Crippen MR) is 91.4 cm³/mol. The number of hydrogen-bond donors (Lipinski definition) is 2. The van der Waals surface area contributed by atoms with E-state index >= 15 is 0 Å². The molecule has 3 aromatic rings. The lowest BCUT2D eigenvalue weighted by Gasteiger charge is -2.15. The molecule has 0 bridgehead atoms. The summed E-state index contributed by atoms with van der Waals surface area (Å²) in [5, 5.41) is 5.63. The molecule has 3 rings (SSSR count). The lowest BCUT2D eigenvalue weighted by molar-refractivity contribution is 0.310. The number of aryl methyl sites for hydroxylation is 1. The Morgan fingerprint density at radius 1 is 1.33 bits per heavy atom. The van der Waals surface area contributed by atoms with Gasteiger partial charge in [-0.3, -0.25) is 15.5 Å². The van der Waals surface area contributed by atoms with Crippen molar-refractivity contribution in [2.75, 3.05) is 6.54 Å². The highest BCUT2D eigenvalue weighted by Crippen LogP contribution is 2.03. The molecule has 124 valence electrons. The Hall–Kier alpha value is -3.04. The standard InChI is InChI=1S/C15H19N9/c1-22-8-12(6-21-22)2-3-18-14(16)11-24(17)10-13-9-23-5-4-19-15(23)7-20-13/h2-9H,10-11,17H2,1H3,(H2,16,18)/b3-2+. The quantitative estimate of drug-likeness (QED) is 0.289. The zero-order valence-corrected chi connectivity index (χ0v) is 13.3. The van der Waals surface area contributed by atoms with Crippen LogP contribution < -0.4 is 11.6 Å². The summed E-state index contributed by atoms with van der Waals surface area (Å²) in [6, 6.07) is 0. The van der Waals surface area contributed by atoms with E-state index in [1.807, 2.05) is 36.1 Å². The van der Waals surface area contributed by atoms with E-state index in [-0.39, 0.29) is 0 Å². The minimum atomic E-state index is 0.334. The summed E-state index contributed by atoms with van der Waals surface area (Å²) in [4.78, 5) is 12.6. The van der Waals surface area contributed by atoms with E-state index in [2.05, 4.69) is 20.1 Å². The van der Waals surface area contributed by atoms with Crippen LogP contribution >= 0.6 is 0 Å². The SMILES string of the molecule is Cn1cc(/C=C/N=C(N)CN(N)Cc2cn3ccnc3cn2)cn1. The topological polar surface area (TPSA) is 116 Å². The van der Waals surface area contributed by atoms with E-state index in [9.17, 15) is 0 Å². The Balaban J connectivity index is 1.55. The van der Waals surface area contributed by atoms with Gasteiger partial charge in [0.15, 0.2) is 5.65 Å². The molecule has 0 spiro atoms. The number of rotatable bonds is 6. The molecule has 0 amide bonds. The van der Waals surface area contributed by atoms with Gasteiger partial charge in [-0.05, 0) is 6.08 Å². The third kappa shape index (κ3) is 4.03. The van der Waals surface area contributed by atoms with Crippen LogP contribution in [0.15, 0.2) is 48.4 Å². The molecule has 9 nitrogen and oxygen atoms in total. The predicted octanol–water partition coefficient (Wildman–Crippen LogP) is 0.167. The molecule has 0 saturated carbocycles. The number of hydrazine groups is 1. The van der Waals surface area contributed by atoms with Crippen LogP contribution in [0.1, 0.15) is 11.3 Å². The number of aromatic nitrogens is 5. The van der Waals surface area contributed by atoms with Gasteiger partial charge in [0.2, 0.25) is 0 Å². The highest BCUT2D eigenvalue weighted by Gasteiger charge is 2.05. The molecule has 4 N–H and O–H groups in total. The molecule has 0 saturated heterocycles. The molecule has 3 heterocycles. The van der Waals surface area contributed by atoms with Gasteiger partial charge < -0.3 is 10.1 Å². The fraction of sp³-hybridized carbons (Fsp3) is 0.200. The summed E-state index contributed by atoms with van der Waals surface area (Å²) in [5.41, 5.74) is 8.46. The summed E-state index contributed by atoms with van der Waals surface area (Å²) in [7, 11) is 1.86. The minimum Gasteiger partial charge on any atom is -0.386 e. The molecule has 0 aliphatic carbocycles. The molecular weight excluding hydrogens is 306 g/mol. The molecule has 9 heteroatoms. The normalized spacial score (nSPS) is 12.7. The maximum atomic E-state index is 5.98. The highest BCUT2D eigenvalue weighted by molar-refractivity contribution is 5.83. The monoisotopic (exact) mass is 325 g/mol. The van der Waals surface area contributed by atoms with Crippen LogP contribution in [0.5, 0.6) is 0 Å². The number of fused-ring (bicyclic) bond motifs is 1. The smallest absolute Gasteiger partial charge is 0.155 e. The largest absolute Gasteiger partial charge is 0.386 e. The third-order valence-corrected chi connectivity index (χ3v) is 3.29. The number of amidine groups is 1. The van der Waals surface area contributed by atoms with Crippen molar-refractivity contribution in [2.24, 2.45) is 23.6 Å². The van der Waals surface area contributed by atoms with Crippen molar-refractivity contribution < 1.29 is 0 Å². The van der Waals surface area contributed by atoms with Gasteiger partial charge in [0.05, 0.1) is 31.2 Å². The first-order valence-corrected chi connectivity index (χ1v) is 7.35. The Bertz CT molecular complexity index is 874. The summed E-state index contributed by atoms with van der Waals surface area (Å²) in [5.74, 6) is 6.40. The summed E-state index contributed by atoms with van der Waals surface area (Å²) >= 11 is 0. The van der Waals surface area contributed by atoms with E-state index < -0.39 is 0 Å². The van der Waals surface area contributed by atoms with Crippen molar-refractivity contribution in [1.82, 2.24) is 29.2 Å². The minimum absolute atomic E-state index is 0.334. The van der Waals surface area contributed by atoms with E-state index in [0.29, 0.717) is 18.9 Å². The van der Waals surface area contributed by atoms with Crippen LogP contribution in [0, 0.1) is 0 Å². The molecule has 24 heavy (non-hydrogen) atoms. The zero-order valence-electron chi connectivity index (χ0n) is 13.3. The molecule has 0 aliphatic heterocycles. The van der Waals surface area contributed by atoms with Gasteiger partial charge in [-0.1, -0.05) is 0 Å². The summed E-state index contributed by atoms with van der Waals surface area (Å²) < 4.78 is 3.61. The number of nitrogens with two attached hydrogens (primary N) is 2. The molecule has 0 atom stereocenters. The van der Waals surface area contributed by atoms with Gasteiger partial charge in [-0.2, -0.15) is 5.10 Å². The van der Waals surface area contributed by atoms with Gasteiger partial charge >= 0.3 is 0 Å². The number of aliphatic imine (C=N–C) groups is 1. The third-order valence-electron chi connectivity index (χ3n) is 3.29. The van der Waals surface area contributed by atoms with Gasteiger partial charge in [-0.15, -0.1) is 0 Å². The molecule has 0 aliphatic rings. The first-order valence-electron chi connectivity index (χ1n) is 7.35. The van der Waals surface area contributed by atoms with E-state index in [1.54, 1.807) is 34.5 Å². The number of imidazole rings is 1. The average molecular weight is 325 g/mol. The lowest BCUT2D eigenvalue weighted by atomic mass is 10.3. The fourth-order valence-corrected chi connectivity index (χ4v) is 2.21. The first kappa shape index (κ1) is 15.8. The van der Waals surface area contributed by atoms with Crippen LogP contribution in [-0.2, 0) is 13.6 Å². The van der Waals surface area contributed by atoms with E-state index in [1.165, 1.54) is 0 Å². The molecular formula is C15H19N9. The van der Waals surface area contributed by atoms with Crippen molar-refractivity contribution >= 4 is 17.6 Å². The molecule has 0 aromatic carbocycles. The van der Waals surface area contributed by atoms with Gasteiger partial charge in [0, 0.05) is 43.6 Å². The summed E-state index contributed by atoms with van der Waals surface area (Å²) in [6.45, 7) is 0.789. The van der Waals surface area contributed by atoms with Gasteiger partial charge in [-0.25, -0.2) is 15.0 Å². The van der Waals surface area contributed by atoms with E-state index in [0.717, 1.165) is 16.9 Å². The lowest BCUT2D eigenvalue weighted by Crippen LogP contribution is -2.38. The second kappa shape index (κ2) is 7.02. The Morgan fingerprint density at radius 3 is 3.00 bits per heavy atom. The molecule has 3 aromatic heterocycles. The Kier molecular flexibility index (Phi) is 4.64. The average Bonchev–Trinajstić information content (AvgIpc) is 3.15. The summed E-state index contributed by atoms with van der Waals surface area (Å²) in [6.07, 6.45) is 14.3. The fourth-order valence-electron chi connectivity index (χ4n) is 2.21. The zero-order chi connectivity index (χ0) is 16.9. The van der Waals surface area contributed by atoms with Gasteiger partial charge in [0.1, 0.15) is 5.84 Å². The second-order valence-corrected chi connectivity index (χ2v) is 5.36. The number of nitrogens with zero attached hydrogens (tertiary/aromatic N) is 7. The highest BCUT2D eigenvalue weighted by atomic mass is 15.4. The Morgan fingerprint density at radius 2 is 2.21 bits per heavy atom. The van der Waals surface area contributed by atoms with Crippen molar-refractivity contribution in [1.29, 1.82) is 0 Å². The van der Waals surface area contributed by atoms with Crippen molar-refractivity contribution in [3.05, 3.63) is 54.6 Å². The van der Waals surface area contributed by atoms with Crippen molar-refractivity contribution in [2.45, 2.75) is 6.54 Å². The maximum Gasteiger partial charge on any atom is 0.155 e. The Labute approximate surface area is 138 Å².